The summed E-state index contributed by atoms with van der Waals surface area (Å²) in [6.45, 7) is 6.74. The number of carbonyl (C=O) groups is 4. The van der Waals surface area contributed by atoms with E-state index in [0.717, 1.165) is 24.5 Å². The van der Waals surface area contributed by atoms with Crippen molar-refractivity contribution in [1.82, 2.24) is 19.6 Å². The van der Waals surface area contributed by atoms with Gasteiger partial charge in [-0.25, -0.2) is 14.3 Å². The largest absolute Gasteiger partial charge is 0.490 e. The highest BCUT2D eigenvalue weighted by Crippen LogP contribution is 2.36. The van der Waals surface area contributed by atoms with Gasteiger partial charge in [-0.2, -0.15) is 39.5 Å². The Hall–Kier alpha value is -5.96. The molecule has 292 valence electrons. The minimum absolute atomic E-state index is 0.0464. The highest BCUT2D eigenvalue weighted by Gasteiger charge is 2.58. The number of rotatable bonds is 6. The van der Waals surface area contributed by atoms with Gasteiger partial charge in [-0.3, -0.25) is 19.4 Å². The maximum atomic E-state index is 12.7. The number of nitrogens with one attached hydrogen (secondary N) is 1. The third kappa shape index (κ3) is 17.7. The van der Waals surface area contributed by atoms with Crippen LogP contribution in [0.25, 0.3) is 5.65 Å². The normalized spacial score (nSPS) is 11.0. The molecule has 0 bridgehead atoms. The number of halogens is 9. The zero-order valence-electron chi connectivity index (χ0n) is 28.0. The van der Waals surface area contributed by atoms with Gasteiger partial charge in [-0.15, -0.1) is 5.10 Å². The fraction of sp³-hybridized carbons (Fsp3) is 0.323. The fourth-order valence-electron chi connectivity index (χ4n) is 3.39. The van der Waals surface area contributed by atoms with Crippen LogP contribution in [0.15, 0.2) is 67.0 Å². The molecular weight excluding hydrogens is 739 g/mol. The molecule has 0 fully saturated rings. The van der Waals surface area contributed by atoms with E-state index in [2.05, 4.69) is 46.1 Å². The Labute approximate surface area is 294 Å². The van der Waals surface area contributed by atoms with Crippen LogP contribution < -0.4 is 10.2 Å². The van der Waals surface area contributed by atoms with E-state index in [9.17, 15) is 44.3 Å². The summed E-state index contributed by atoms with van der Waals surface area (Å²) in [5.41, 5.74) is 3.54. The van der Waals surface area contributed by atoms with Crippen molar-refractivity contribution in [2.45, 2.75) is 51.1 Å². The number of aromatic nitrogens is 4. The Kier molecular flexibility index (Phi) is 18.4. The molecule has 3 heterocycles. The minimum Gasteiger partial charge on any atom is -0.483 e. The molecule has 0 aliphatic rings. The van der Waals surface area contributed by atoms with E-state index in [0.29, 0.717) is 17.0 Å². The number of imidazole rings is 1. The molecule has 0 atom stereocenters. The number of pyridine rings is 1. The van der Waals surface area contributed by atoms with Crippen LogP contribution in [0.1, 0.15) is 42.4 Å². The molecule has 13 nitrogen and oxygen atoms in total. The van der Waals surface area contributed by atoms with Crippen molar-refractivity contribution in [3.63, 3.8) is 0 Å². The Morgan fingerprint density at radius 1 is 0.849 bits per heavy atom. The molecule has 3 aromatic heterocycles. The number of aliphatic carboxylic acids is 1. The fourth-order valence-corrected chi connectivity index (χ4v) is 3.39. The van der Waals surface area contributed by atoms with Crippen LogP contribution in [0.2, 0.25) is 0 Å². The highest BCUT2D eigenvalue weighted by atomic mass is 19.5. The Morgan fingerprint density at radius 2 is 1.36 bits per heavy atom. The van der Waals surface area contributed by atoms with Crippen molar-refractivity contribution >= 4 is 42.1 Å². The summed E-state index contributed by atoms with van der Waals surface area (Å²) >= 11 is 0. The van der Waals surface area contributed by atoms with Gasteiger partial charge in [0.2, 0.25) is 0 Å². The molecule has 0 radical (unpaired) electrons. The van der Waals surface area contributed by atoms with Gasteiger partial charge in [0.15, 0.2) is 11.5 Å². The van der Waals surface area contributed by atoms with Crippen molar-refractivity contribution in [3.05, 3.63) is 83.8 Å². The van der Waals surface area contributed by atoms with Crippen LogP contribution in [-0.4, -0.2) is 91.8 Å². The first kappa shape index (κ1) is 47.0. The highest BCUT2D eigenvalue weighted by molar-refractivity contribution is 6.03. The van der Waals surface area contributed by atoms with Crippen LogP contribution in [0, 0.1) is 0 Å². The molecule has 1 amide bonds. The van der Waals surface area contributed by atoms with Crippen LogP contribution in [0.5, 0.6) is 0 Å². The molecule has 0 saturated heterocycles. The second-order valence-electron chi connectivity index (χ2n) is 10.9. The van der Waals surface area contributed by atoms with Gasteiger partial charge in [0, 0.05) is 37.5 Å². The number of carboxylic acid groups (broad SMARTS) is 3. The number of nitrogens with zero attached hydrogens (tertiary/aromatic N) is 5. The number of benzene rings is 1. The lowest BCUT2D eigenvalue weighted by atomic mass is 9.87. The molecule has 0 unspecified atom stereocenters. The summed E-state index contributed by atoms with van der Waals surface area (Å²) in [4.78, 5) is 49.2. The molecule has 4 rings (SSSR count). The van der Waals surface area contributed by atoms with E-state index in [1.807, 2.05) is 61.6 Å². The number of hydrogen-bond donors (Lipinski definition) is 4. The van der Waals surface area contributed by atoms with Crippen molar-refractivity contribution in [2.75, 3.05) is 23.8 Å². The molecule has 0 spiro atoms. The van der Waals surface area contributed by atoms with Gasteiger partial charge in [0.25, 0.3) is 18.9 Å². The number of carboxylic acids is 1. The van der Waals surface area contributed by atoms with Gasteiger partial charge < -0.3 is 25.5 Å². The van der Waals surface area contributed by atoms with Gasteiger partial charge in [-0.1, -0.05) is 39.0 Å². The van der Waals surface area contributed by atoms with E-state index >= 15 is 0 Å². The minimum atomic E-state index is -6.06. The van der Waals surface area contributed by atoms with Crippen LogP contribution in [-0.2, 0) is 26.2 Å². The van der Waals surface area contributed by atoms with Gasteiger partial charge >= 0.3 is 24.5 Å². The van der Waals surface area contributed by atoms with E-state index < -0.39 is 24.5 Å². The third-order valence-electron chi connectivity index (χ3n) is 5.95. The van der Waals surface area contributed by atoms with E-state index in [-0.39, 0.29) is 24.3 Å². The molecular formula is C31H33F9N6O7. The Bertz CT molecular complexity index is 1710. The van der Waals surface area contributed by atoms with Crippen molar-refractivity contribution in [3.8, 4) is 0 Å². The van der Waals surface area contributed by atoms with Crippen molar-refractivity contribution in [1.29, 1.82) is 0 Å². The predicted octanol–water partition coefficient (Wildman–Crippen LogP) is 6.50. The molecule has 53 heavy (non-hydrogen) atoms. The number of likely N-dealkylation sites (N-methyl/N-ethyl adjacent to an activating group) is 1. The van der Waals surface area contributed by atoms with Gasteiger partial charge in [0.1, 0.15) is 5.82 Å². The second kappa shape index (κ2) is 20.8. The number of carbonyl (C=O) groups excluding carboxylic acids is 1. The quantitative estimate of drug-likeness (QED) is 0.124. The predicted molar refractivity (Wildman–Crippen MR) is 170 cm³/mol. The van der Waals surface area contributed by atoms with Gasteiger partial charge in [0.05, 0.1) is 6.20 Å². The molecule has 1 aromatic carbocycles. The van der Waals surface area contributed by atoms with Crippen LogP contribution in [0.3, 0.4) is 0 Å². The Morgan fingerprint density at radius 3 is 1.77 bits per heavy atom. The average molecular weight is 773 g/mol. The van der Waals surface area contributed by atoms with E-state index in [4.69, 9.17) is 29.7 Å². The molecule has 4 N–H and O–H groups in total. The first-order valence-corrected chi connectivity index (χ1v) is 14.3. The number of amides is 1. The summed E-state index contributed by atoms with van der Waals surface area (Å²) in [6.07, 6.45) is -12.8. The SMILES string of the molecule is CN(CCc1ccccn1)c1ccc2nc(NC(=O)c3ccc(C(C)(C)C)cc3)cn2n1.FC(F)(F)C(F)(F)F.O=C(O)C(F)(F)F.O=CO.O=CO. The van der Waals surface area contributed by atoms with Gasteiger partial charge in [-0.05, 0) is 47.4 Å². The zero-order chi connectivity index (χ0) is 41.2. The van der Waals surface area contributed by atoms with Crippen LogP contribution >= 0.6 is 0 Å². The number of fused-ring (bicyclic) bond motifs is 1. The van der Waals surface area contributed by atoms with E-state index in [1.165, 1.54) is 5.56 Å². The summed E-state index contributed by atoms with van der Waals surface area (Å²) < 4.78 is 96.0. The standard InChI is InChI=1S/C25H28N6O.C2F6.C2HF3O2.2CH2O2/c1-25(2,3)19-10-8-18(9-11-19)24(32)28-21-17-31-22(27-21)12-13-23(29-31)30(4)16-14-20-7-5-6-15-26-20;3-1(4,5)2(6,7)8;3-2(4,5)1(6)7;2*2-1-3/h5-13,15,17H,14,16H2,1-4H3,(H,28,32);;(H,6,7);2*1H,(H,2,3). The third-order valence-corrected chi connectivity index (χ3v) is 5.95. The monoisotopic (exact) mass is 772 g/mol. The summed E-state index contributed by atoms with van der Waals surface area (Å²) in [7, 11) is 2.00. The molecule has 0 aliphatic heterocycles. The summed E-state index contributed by atoms with van der Waals surface area (Å²) in [5, 5.41) is 28.4. The van der Waals surface area contributed by atoms with Crippen LogP contribution in [0.4, 0.5) is 51.1 Å². The number of hydrogen-bond acceptors (Lipinski definition) is 8. The molecule has 22 heteroatoms. The van der Waals surface area contributed by atoms with Crippen molar-refractivity contribution in [2.24, 2.45) is 0 Å². The lowest BCUT2D eigenvalue weighted by Gasteiger charge is -2.18. The first-order valence-electron chi connectivity index (χ1n) is 14.3. The average Bonchev–Trinajstić information content (AvgIpc) is 3.45. The lowest BCUT2D eigenvalue weighted by molar-refractivity contribution is -0.339. The van der Waals surface area contributed by atoms with E-state index in [1.54, 1.807) is 16.9 Å². The molecule has 0 saturated carbocycles. The zero-order valence-corrected chi connectivity index (χ0v) is 28.0. The second-order valence-corrected chi connectivity index (χ2v) is 10.9. The number of alkyl halides is 9. The molecule has 4 aromatic rings. The van der Waals surface area contributed by atoms with Crippen molar-refractivity contribution < 1.29 is 74.0 Å². The lowest BCUT2D eigenvalue weighted by Crippen LogP contribution is -2.30. The smallest absolute Gasteiger partial charge is 0.483 e. The Balaban J connectivity index is 0.00000106. The molecule has 0 aliphatic carbocycles. The number of anilines is 2. The first-order chi connectivity index (χ1) is 24.3. The maximum absolute atomic E-state index is 12.7. The summed E-state index contributed by atoms with van der Waals surface area (Å²) in [5.74, 6) is -1.66. The topological polar surface area (TPSA) is 187 Å². The maximum Gasteiger partial charge on any atom is 0.490 e. The summed E-state index contributed by atoms with van der Waals surface area (Å²) in [6, 6.07) is 17.4.